The van der Waals surface area contributed by atoms with Crippen LogP contribution in [0.25, 0.3) is 10.9 Å². The Morgan fingerprint density at radius 2 is 2.04 bits per heavy atom. The highest BCUT2D eigenvalue weighted by Crippen LogP contribution is 2.25. The normalized spacial score (nSPS) is 17.6. The number of aromatic nitrogens is 1. The van der Waals surface area contributed by atoms with Crippen molar-refractivity contribution < 1.29 is 19.5 Å². The minimum absolute atomic E-state index is 0.298. The van der Waals surface area contributed by atoms with Crippen molar-refractivity contribution in [3.8, 4) is 0 Å². The third-order valence-electron chi connectivity index (χ3n) is 4.54. The Balaban J connectivity index is 2.00. The van der Waals surface area contributed by atoms with Crippen LogP contribution in [0.5, 0.6) is 0 Å². The number of benzene rings is 1. The van der Waals surface area contributed by atoms with Gasteiger partial charge in [0.15, 0.2) is 0 Å². The zero-order valence-electron chi connectivity index (χ0n) is 14.9. The summed E-state index contributed by atoms with van der Waals surface area (Å²) in [5, 5.41) is 12.6. The van der Waals surface area contributed by atoms with Gasteiger partial charge in [0.25, 0.3) is 5.91 Å². The average Bonchev–Trinajstić information content (AvgIpc) is 2.94. The number of amides is 2. The highest BCUT2D eigenvalue weighted by atomic mass is 16.4. The van der Waals surface area contributed by atoms with E-state index in [9.17, 15) is 14.4 Å². The molecule has 2 heterocycles. The minimum atomic E-state index is -1.10. The topological polar surface area (TPSA) is 91.6 Å². The molecule has 1 fully saturated rings. The van der Waals surface area contributed by atoms with Crippen LogP contribution in [-0.4, -0.2) is 51.5 Å². The van der Waals surface area contributed by atoms with E-state index in [1.165, 1.54) is 4.90 Å². The summed E-state index contributed by atoms with van der Waals surface area (Å²) in [6.07, 6.45) is 1.42. The molecule has 2 N–H and O–H groups in total. The minimum Gasteiger partial charge on any atom is -0.481 e. The Labute approximate surface area is 151 Å². The van der Waals surface area contributed by atoms with Crippen molar-refractivity contribution in [2.24, 2.45) is 5.92 Å². The first kappa shape index (κ1) is 18.0. The second kappa shape index (κ2) is 7.19. The lowest BCUT2D eigenvalue weighted by molar-refractivity contribution is -0.142. The van der Waals surface area contributed by atoms with Crippen LogP contribution in [0.2, 0.25) is 0 Å². The second-order valence-electron chi connectivity index (χ2n) is 7.01. The van der Waals surface area contributed by atoms with Gasteiger partial charge in [0.05, 0.1) is 12.0 Å². The van der Waals surface area contributed by atoms with Crippen molar-refractivity contribution in [1.82, 2.24) is 14.8 Å². The number of carboxylic acid groups (broad SMARTS) is 1. The van der Waals surface area contributed by atoms with Crippen LogP contribution in [0.15, 0.2) is 30.5 Å². The van der Waals surface area contributed by atoms with Crippen LogP contribution in [-0.2, 0) is 16.1 Å². The van der Waals surface area contributed by atoms with Crippen molar-refractivity contribution >= 4 is 28.7 Å². The van der Waals surface area contributed by atoms with Gasteiger partial charge in [-0.15, -0.1) is 0 Å². The molecule has 0 unspecified atom stereocenters. The molecular weight excluding hydrogens is 334 g/mol. The van der Waals surface area contributed by atoms with E-state index in [0.29, 0.717) is 24.6 Å². The average molecular weight is 357 g/mol. The van der Waals surface area contributed by atoms with Crippen LogP contribution in [0, 0.1) is 5.92 Å². The van der Waals surface area contributed by atoms with Crippen molar-refractivity contribution in [1.29, 1.82) is 0 Å². The molecule has 0 bridgehead atoms. The number of piperazine rings is 1. The molecule has 1 aliphatic heterocycles. The molecule has 1 aromatic heterocycles. The van der Waals surface area contributed by atoms with Gasteiger partial charge in [0.2, 0.25) is 5.91 Å². The number of para-hydroxylation sites is 1. The molecule has 0 aliphatic carbocycles. The van der Waals surface area contributed by atoms with Gasteiger partial charge in [-0.2, -0.15) is 0 Å². The van der Waals surface area contributed by atoms with Gasteiger partial charge in [-0.1, -0.05) is 32.0 Å². The summed E-state index contributed by atoms with van der Waals surface area (Å²) < 4.78 is 2.05. The Hall–Kier alpha value is -2.83. The molecule has 7 heteroatoms. The van der Waals surface area contributed by atoms with Gasteiger partial charge >= 0.3 is 5.97 Å². The summed E-state index contributed by atoms with van der Waals surface area (Å²) in [7, 11) is 0. The first-order valence-corrected chi connectivity index (χ1v) is 8.77. The molecule has 2 amide bonds. The molecule has 1 atom stereocenters. The number of nitrogens with one attached hydrogen (secondary N) is 1. The lowest BCUT2D eigenvalue weighted by atomic mass is 10.1. The van der Waals surface area contributed by atoms with Crippen LogP contribution >= 0.6 is 0 Å². The number of carboxylic acids is 1. The van der Waals surface area contributed by atoms with Gasteiger partial charge in [-0.25, -0.2) is 0 Å². The molecule has 26 heavy (non-hydrogen) atoms. The van der Waals surface area contributed by atoms with Gasteiger partial charge in [0, 0.05) is 36.7 Å². The molecule has 0 saturated carbocycles. The number of fused-ring (bicyclic) bond motifs is 1. The quantitative estimate of drug-likeness (QED) is 0.852. The summed E-state index contributed by atoms with van der Waals surface area (Å²) in [4.78, 5) is 37.8. The van der Waals surface area contributed by atoms with Gasteiger partial charge in [-0.05, 0) is 12.0 Å². The SMILES string of the molecule is CC(C)Cn1cc(C(=O)N2CCNC(=O)[C@H]2CC(=O)O)c2ccccc21. The zero-order chi connectivity index (χ0) is 18.8. The number of aliphatic carboxylic acids is 1. The molecule has 2 aromatic rings. The number of rotatable bonds is 5. The molecule has 138 valence electrons. The molecule has 3 rings (SSSR count). The lowest BCUT2D eigenvalue weighted by Crippen LogP contribution is -2.57. The van der Waals surface area contributed by atoms with Crippen molar-refractivity contribution in [3.05, 3.63) is 36.0 Å². The third kappa shape index (κ3) is 3.42. The predicted molar refractivity (Wildman–Crippen MR) is 96.9 cm³/mol. The largest absolute Gasteiger partial charge is 0.481 e. The van der Waals surface area contributed by atoms with E-state index in [-0.39, 0.29) is 5.91 Å². The smallest absolute Gasteiger partial charge is 0.305 e. The Morgan fingerprint density at radius 1 is 1.31 bits per heavy atom. The molecule has 0 radical (unpaired) electrons. The molecule has 1 aliphatic rings. The lowest BCUT2D eigenvalue weighted by Gasteiger charge is -2.34. The van der Waals surface area contributed by atoms with E-state index in [2.05, 4.69) is 19.2 Å². The van der Waals surface area contributed by atoms with E-state index in [1.807, 2.05) is 35.0 Å². The molecule has 7 nitrogen and oxygen atoms in total. The maximum Gasteiger partial charge on any atom is 0.305 e. The van der Waals surface area contributed by atoms with Crippen molar-refractivity contribution in [2.75, 3.05) is 13.1 Å². The third-order valence-corrected chi connectivity index (χ3v) is 4.54. The first-order chi connectivity index (χ1) is 12.4. The summed E-state index contributed by atoms with van der Waals surface area (Å²) >= 11 is 0. The van der Waals surface area contributed by atoms with Crippen LogP contribution in [0.3, 0.4) is 0 Å². The molecule has 1 aromatic carbocycles. The van der Waals surface area contributed by atoms with Crippen LogP contribution in [0.4, 0.5) is 0 Å². The van der Waals surface area contributed by atoms with Gasteiger partial charge in [0.1, 0.15) is 6.04 Å². The van der Waals surface area contributed by atoms with Crippen LogP contribution < -0.4 is 5.32 Å². The standard InChI is InChI=1S/C19H23N3O4/c1-12(2)10-21-11-14(13-5-3-4-6-15(13)21)19(26)22-8-7-20-18(25)16(22)9-17(23)24/h3-6,11-12,16H,7-10H2,1-2H3,(H,20,25)(H,23,24)/t16-/m1/s1. The number of hydrogen-bond donors (Lipinski definition) is 2. The van der Waals surface area contributed by atoms with E-state index < -0.39 is 24.3 Å². The fourth-order valence-electron chi connectivity index (χ4n) is 3.44. The fourth-order valence-corrected chi connectivity index (χ4v) is 3.44. The van der Waals surface area contributed by atoms with Gasteiger partial charge in [-0.3, -0.25) is 14.4 Å². The highest BCUT2D eigenvalue weighted by Gasteiger charge is 2.36. The predicted octanol–water partition coefficient (Wildman–Crippen LogP) is 1.71. The van der Waals surface area contributed by atoms with E-state index >= 15 is 0 Å². The maximum atomic E-state index is 13.2. The maximum absolute atomic E-state index is 13.2. The van der Waals surface area contributed by atoms with E-state index in [1.54, 1.807) is 0 Å². The number of nitrogens with zero attached hydrogens (tertiary/aromatic N) is 2. The Bertz CT molecular complexity index is 856. The fraction of sp³-hybridized carbons (Fsp3) is 0.421. The molecular formula is C19H23N3O4. The highest BCUT2D eigenvalue weighted by molar-refractivity contribution is 6.08. The number of carbonyl (C=O) groups is 3. The monoisotopic (exact) mass is 357 g/mol. The van der Waals surface area contributed by atoms with E-state index in [4.69, 9.17) is 5.11 Å². The summed E-state index contributed by atoms with van der Waals surface area (Å²) in [5.41, 5.74) is 1.46. The van der Waals surface area contributed by atoms with Gasteiger partial charge < -0.3 is 19.9 Å². The van der Waals surface area contributed by atoms with E-state index in [0.717, 1.165) is 17.4 Å². The number of hydrogen-bond acceptors (Lipinski definition) is 3. The summed E-state index contributed by atoms with van der Waals surface area (Å²) in [5.74, 6) is -1.41. The molecule has 0 spiro atoms. The van der Waals surface area contributed by atoms with Crippen molar-refractivity contribution in [3.63, 3.8) is 0 Å². The zero-order valence-corrected chi connectivity index (χ0v) is 14.9. The van der Waals surface area contributed by atoms with Crippen molar-refractivity contribution in [2.45, 2.75) is 32.9 Å². The first-order valence-electron chi connectivity index (χ1n) is 8.77. The number of carbonyl (C=O) groups excluding carboxylic acids is 2. The Kier molecular flexibility index (Phi) is 4.97. The molecule has 1 saturated heterocycles. The Morgan fingerprint density at radius 3 is 2.73 bits per heavy atom. The second-order valence-corrected chi connectivity index (χ2v) is 7.01. The van der Waals surface area contributed by atoms with Crippen LogP contribution in [0.1, 0.15) is 30.6 Å². The summed E-state index contributed by atoms with van der Waals surface area (Å²) in [6, 6.07) is 6.66. The summed E-state index contributed by atoms with van der Waals surface area (Å²) in [6.45, 7) is 5.60.